The summed E-state index contributed by atoms with van der Waals surface area (Å²) < 4.78 is 0. The van der Waals surface area contributed by atoms with Gasteiger partial charge in [0.2, 0.25) is 5.91 Å². The molecule has 0 aromatic carbocycles. The molecule has 0 radical (unpaired) electrons. The van der Waals surface area contributed by atoms with Crippen molar-refractivity contribution in [2.75, 3.05) is 0 Å². The van der Waals surface area contributed by atoms with Gasteiger partial charge in [0.05, 0.1) is 5.57 Å². The maximum atomic E-state index is 11.5. The Morgan fingerprint density at radius 3 is 2.64 bits per heavy atom. The van der Waals surface area contributed by atoms with Gasteiger partial charge in [-0.2, -0.15) is 0 Å². The molecule has 1 aliphatic rings. The number of hydrogen-bond acceptors (Lipinski definition) is 2. The highest BCUT2D eigenvalue weighted by atomic mass is 16.4. The van der Waals surface area contributed by atoms with Crippen LogP contribution in [0, 0.1) is 5.92 Å². The zero-order valence-corrected chi connectivity index (χ0v) is 8.65. The minimum atomic E-state index is -0.935. The Hall–Kier alpha value is -1.32. The molecule has 0 saturated heterocycles. The molecule has 0 saturated carbocycles. The smallest absolute Gasteiger partial charge is 0.333 e. The van der Waals surface area contributed by atoms with Gasteiger partial charge in [-0.15, -0.1) is 0 Å². The molecule has 1 unspecified atom stereocenters. The summed E-state index contributed by atoms with van der Waals surface area (Å²) in [5.41, 5.74) is 0.318. The first-order chi connectivity index (χ1) is 6.43. The second-order valence-electron chi connectivity index (χ2n) is 3.89. The summed E-state index contributed by atoms with van der Waals surface area (Å²) in [7, 11) is 0. The lowest BCUT2D eigenvalue weighted by atomic mass is 9.94. The lowest BCUT2D eigenvalue weighted by Crippen LogP contribution is -2.38. The van der Waals surface area contributed by atoms with Gasteiger partial charge in [-0.05, 0) is 19.8 Å². The van der Waals surface area contributed by atoms with Gasteiger partial charge in [-0.25, -0.2) is 4.79 Å². The van der Waals surface area contributed by atoms with E-state index >= 15 is 0 Å². The van der Waals surface area contributed by atoms with E-state index < -0.39 is 5.97 Å². The molecule has 0 aliphatic carbocycles. The summed E-state index contributed by atoms with van der Waals surface area (Å²) >= 11 is 0. The van der Waals surface area contributed by atoms with Crippen molar-refractivity contribution in [3.63, 3.8) is 0 Å². The van der Waals surface area contributed by atoms with Gasteiger partial charge in [0, 0.05) is 18.7 Å². The van der Waals surface area contributed by atoms with Crippen LogP contribution in [0.4, 0.5) is 0 Å². The minimum absolute atomic E-state index is 0.00231. The second-order valence-corrected chi connectivity index (χ2v) is 3.89. The fourth-order valence-corrected chi connectivity index (χ4v) is 1.53. The van der Waals surface area contributed by atoms with Crippen LogP contribution in [0.15, 0.2) is 11.8 Å². The summed E-state index contributed by atoms with van der Waals surface area (Å²) in [4.78, 5) is 23.8. The minimum Gasteiger partial charge on any atom is -0.478 e. The molecule has 0 bridgehead atoms. The number of nitrogens with zero attached hydrogens (tertiary/aromatic N) is 1. The van der Waals surface area contributed by atoms with Crippen LogP contribution in [0.5, 0.6) is 0 Å². The van der Waals surface area contributed by atoms with E-state index in [0.29, 0.717) is 5.57 Å². The molecular weight excluding hydrogens is 182 g/mol. The fourth-order valence-electron chi connectivity index (χ4n) is 1.53. The van der Waals surface area contributed by atoms with Crippen molar-refractivity contribution in [3.05, 3.63) is 11.8 Å². The van der Waals surface area contributed by atoms with Crippen LogP contribution in [0.25, 0.3) is 0 Å². The third-order valence-electron chi connectivity index (χ3n) is 2.38. The van der Waals surface area contributed by atoms with Gasteiger partial charge >= 0.3 is 5.97 Å². The maximum Gasteiger partial charge on any atom is 0.333 e. The molecule has 1 heterocycles. The maximum absolute atomic E-state index is 11.5. The molecular formula is C10H15NO3. The molecule has 0 aromatic heterocycles. The normalized spacial score (nSPS) is 22.6. The molecule has 0 aromatic rings. The Kier molecular flexibility index (Phi) is 2.93. The number of aliphatic carboxylic acids is 1. The van der Waals surface area contributed by atoms with E-state index in [1.165, 1.54) is 11.1 Å². The Morgan fingerprint density at radius 1 is 1.64 bits per heavy atom. The number of carboxylic acids is 1. The van der Waals surface area contributed by atoms with E-state index in [0.717, 1.165) is 0 Å². The highest BCUT2D eigenvalue weighted by molar-refractivity contribution is 5.91. The molecule has 1 rings (SSSR count). The van der Waals surface area contributed by atoms with Crippen molar-refractivity contribution in [2.45, 2.75) is 33.2 Å². The highest BCUT2D eigenvalue weighted by Gasteiger charge is 2.29. The predicted octanol–water partition coefficient (Wildman–Crippen LogP) is 1.23. The van der Waals surface area contributed by atoms with Crippen LogP contribution in [0.3, 0.4) is 0 Å². The number of hydrogen-bond donors (Lipinski definition) is 1. The quantitative estimate of drug-likeness (QED) is 0.724. The van der Waals surface area contributed by atoms with Crippen LogP contribution >= 0.6 is 0 Å². The summed E-state index contributed by atoms with van der Waals surface area (Å²) in [5, 5.41) is 8.89. The zero-order valence-electron chi connectivity index (χ0n) is 8.65. The summed E-state index contributed by atoms with van der Waals surface area (Å²) in [6.07, 6.45) is 1.75. The Bertz CT molecular complexity index is 294. The van der Waals surface area contributed by atoms with Crippen molar-refractivity contribution in [3.8, 4) is 0 Å². The van der Waals surface area contributed by atoms with Crippen LogP contribution in [0.2, 0.25) is 0 Å². The van der Waals surface area contributed by atoms with Crippen molar-refractivity contribution in [1.82, 2.24) is 4.90 Å². The molecule has 0 fully saturated rings. The average molecular weight is 197 g/mol. The number of rotatable bonds is 2. The molecule has 1 aliphatic heterocycles. The molecule has 14 heavy (non-hydrogen) atoms. The molecule has 4 nitrogen and oxygen atoms in total. The average Bonchev–Trinajstić information content (AvgIpc) is 2.02. The zero-order chi connectivity index (χ0) is 10.9. The monoisotopic (exact) mass is 197 g/mol. The van der Waals surface area contributed by atoms with E-state index in [-0.39, 0.29) is 24.3 Å². The van der Waals surface area contributed by atoms with Crippen molar-refractivity contribution in [2.24, 2.45) is 5.92 Å². The Balaban J connectivity index is 2.99. The van der Waals surface area contributed by atoms with Gasteiger partial charge in [0.15, 0.2) is 0 Å². The second kappa shape index (κ2) is 3.82. The first kappa shape index (κ1) is 10.8. The van der Waals surface area contributed by atoms with E-state index in [2.05, 4.69) is 0 Å². The SMILES string of the molecule is CC1CC(=O)N(C(C)C)C=C1C(=O)O. The van der Waals surface area contributed by atoms with Gasteiger partial charge in [0.25, 0.3) is 0 Å². The highest BCUT2D eigenvalue weighted by Crippen LogP contribution is 2.23. The summed E-state index contributed by atoms with van der Waals surface area (Å²) in [6, 6.07) is 0.0179. The van der Waals surface area contributed by atoms with E-state index in [9.17, 15) is 9.59 Å². The molecule has 0 spiro atoms. The first-order valence-electron chi connectivity index (χ1n) is 4.69. The molecule has 1 N–H and O–H groups in total. The Labute approximate surface area is 83.2 Å². The van der Waals surface area contributed by atoms with Crippen LogP contribution < -0.4 is 0 Å². The number of carbonyl (C=O) groups excluding carboxylic acids is 1. The molecule has 78 valence electrons. The lowest BCUT2D eigenvalue weighted by Gasteiger charge is -2.30. The summed E-state index contributed by atoms with van der Waals surface area (Å²) in [6.45, 7) is 5.49. The van der Waals surface area contributed by atoms with Crippen LogP contribution in [-0.4, -0.2) is 27.9 Å². The third kappa shape index (κ3) is 1.95. The van der Waals surface area contributed by atoms with Gasteiger partial charge < -0.3 is 10.0 Å². The van der Waals surface area contributed by atoms with Crippen molar-refractivity contribution >= 4 is 11.9 Å². The number of carbonyl (C=O) groups is 2. The van der Waals surface area contributed by atoms with Gasteiger partial charge in [-0.1, -0.05) is 6.92 Å². The topological polar surface area (TPSA) is 57.6 Å². The fraction of sp³-hybridized carbons (Fsp3) is 0.600. The standard InChI is InChI=1S/C10H15NO3/c1-6(2)11-5-8(10(13)14)7(3)4-9(11)12/h5-7H,4H2,1-3H3,(H,13,14). The Morgan fingerprint density at radius 2 is 2.21 bits per heavy atom. The molecule has 1 amide bonds. The largest absolute Gasteiger partial charge is 0.478 e. The lowest BCUT2D eigenvalue weighted by molar-refractivity contribution is -0.135. The number of carboxylic acid groups (broad SMARTS) is 1. The van der Waals surface area contributed by atoms with Crippen molar-refractivity contribution in [1.29, 1.82) is 0 Å². The molecule has 4 heteroatoms. The number of amides is 1. The summed E-state index contributed by atoms with van der Waals surface area (Å²) in [5.74, 6) is -1.12. The molecule has 1 atom stereocenters. The third-order valence-corrected chi connectivity index (χ3v) is 2.38. The van der Waals surface area contributed by atoms with E-state index in [4.69, 9.17) is 5.11 Å². The first-order valence-corrected chi connectivity index (χ1v) is 4.69. The van der Waals surface area contributed by atoms with Gasteiger partial charge in [0.1, 0.15) is 0 Å². The van der Waals surface area contributed by atoms with Crippen molar-refractivity contribution < 1.29 is 14.7 Å². The van der Waals surface area contributed by atoms with E-state index in [1.807, 2.05) is 13.8 Å². The van der Waals surface area contributed by atoms with Crippen LogP contribution in [0.1, 0.15) is 27.2 Å². The van der Waals surface area contributed by atoms with Crippen LogP contribution in [-0.2, 0) is 9.59 Å². The van der Waals surface area contributed by atoms with Gasteiger partial charge in [-0.3, -0.25) is 4.79 Å². The predicted molar refractivity (Wildman–Crippen MR) is 51.5 cm³/mol. The van der Waals surface area contributed by atoms with E-state index in [1.54, 1.807) is 6.92 Å².